The van der Waals surface area contributed by atoms with Gasteiger partial charge in [0.1, 0.15) is 12.3 Å². The highest BCUT2D eigenvalue weighted by molar-refractivity contribution is 6.45. The number of aliphatic hydroxyl groups is 1. The van der Waals surface area contributed by atoms with Crippen LogP contribution in [0.15, 0.2) is 18.2 Å². The third kappa shape index (κ3) is 6.39. The number of fused-ring (bicyclic) bond motifs is 1. The lowest BCUT2D eigenvalue weighted by molar-refractivity contribution is -0.126. The second-order valence-corrected chi connectivity index (χ2v) is 10.4. The molecular weight excluding hydrogens is 465 g/mol. The average Bonchev–Trinajstić information content (AvgIpc) is 3.35. The van der Waals surface area contributed by atoms with Gasteiger partial charge in [0.05, 0.1) is 33.4 Å². The molecule has 1 aromatic heterocycles. The molecule has 2 aromatic rings. The summed E-state index contributed by atoms with van der Waals surface area (Å²) in [6.07, 6.45) is 0.110. The average molecular weight is 494 g/mol. The fourth-order valence-electron chi connectivity index (χ4n) is 4.00. The Morgan fingerprint density at radius 1 is 1.36 bits per heavy atom. The first-order valence-electron chi connectivity index (χ1n) is 10.9. The second kappa shape index (κ2) is 10.3. The van der Waals surface area contributed by atoms with Crippen LogP contribution in [0.5, 0.6) is 0 Å². The van der Waals surface area contributed by atoms with Crippen molar-refractivity contribution in [1.29, 1.82) is 5.26 Å². The maximum absolute atomic E-state index is 13.1. The number of aromatic nitrogens is 1. The van der Waals surface area contributed by atoms with Crippen LogP contribution in [0, 0.1) is 22.7 Å². The number of amides is 2. The van der Waals surface area contributed by atoms with Gasteiger partial charge >= 0.3 is 0 Å². The molecular formula is C23H29Cl2N5O3. The number of halogens is 2. The Hall–Kier alpha value is -2.31. The molecule has 178 valence electrons. The lowest BCUT2D eigenvalue weighted by atomic mass is 9.87. The van der Waals surface area contributed by atoms with Crippen LogP contribution in [0.2, 0.25) is 10.0 Å². The molecule has 0 spiro atoms. The van der Waals surface area contributed by atoms with Gasteiger partial charge in [-0.05, 0) is 36.8 Å². The minimum atomic E-state index is -1.19. The molecule has 1 unspecified atom stereocenters. The second-order valence-electron chi connectivity index (χ2n) is 9.64. The van der Waals surface area contributed by atoms with E-state index in [1.54, 1.807) is 18.2 Å². The lowest BCUT2D eigenvalue weighted by Gasteiger charge is -2.29. The van der Waals surface area contributed by atoms with Gasteiger partial charge in [-0.25, -0.2) is 0 Å². The molecule has 1 aliphatic rings. The van der Waals surface area contributed by atoms with Crippen LogP contribution >= 0.6 is 23.2 Å². The summed E-state index contributed by atoms with van der Waals surface area (Å²) in [5, 5.41) is 30.3. The molecule has 0 saturated carbocycles. The minimum absolute atomic E-state index is 0.0955. The Labute approximate surface area is 203 Å². The molecule has 10 heteroatoms. The van der Waals surface area contributed by atoms with Gasteiger partial charge in [0.25, 0.3) is 0 Å². The molecule has 8 nitrogen and oxygen atoms in total. The number of aromatic amines is 1. The summed E-state index contributed by atoms with van der Waals surface area (Å²) in [6.45, 7) is 6.53. The van der Waals surface area contributed by atoms with Crippen molar-refractivity contribution in [2.24, 2.45) is 11.3 Å². The molecule has 2 amide bonds. The zero-order valence-electron chi connectivity index (χ0n) is 18.8. The van der Waals surface area contributed by atoms with E-state index in [1.807, 2.05) is 20.8 Å². The van der Waals surface area contributed by atoms with E-state index in [0.717, 1.165) is 5.39 Å². The number of hydrogen-bond donors (Lipinski definition) is 5. The quantitative estimate of drug-likeness (QED) is 0.359. The van der Waals surface area contributed by atoms with E-state index in [2.05, 4.69) is 27.0 Å². The fourth-order valence-corrected chi connectivity index (χ4v) is 4.38. The van der Waals surface area contributed by atoms with Gasteiger partial charge in [0.15, 0.2) is 0 Å². The van der Waals surface area contributed by atoms with E-state index in [1.165, 1.54) is 0 Å². The normalized spacial score (nSPS) is 19.1. The van der Waals surface area contributed by atoms with Crippen molar-refractivity contribution in [1.82, 2.24) is 20.9 Å². The number of aliphatic hydroxyl groups excluding tert-OH is 1. The monoisotopic (exact) mass is 493 g/mol. The van der Waals surface area contributed by atoms with Gasteiger partial charge in [-0.2, -0.15) is 5.26 Å². The van der Waals surface area contributed by atoms with Crippen molar-refractivity contribution < 1.29 is 14.7 Å². The molecule has 1 fully saturated rings. The van der Waals surface area contributed by atoms with Gasteiger partial charge in [-0.1, -0.05) is 50.0 Å². The Morgan fingerprint density at radius 3 is 2.70 bits per heavy atom. The molecule has 0 radical (unpaired) electrons. The van der Waals surface area contributed by atoms with E-state index in [9.17, 15) is 20.0 Å². The number of hydrogen-bond acceptors (Lipinski definition) is 5. The highest BCUT2D eigenvalue weighted by atomic mass is 35.5. The van der Waals surface area contributed by atoms with E-state index in [4.69, 9.17) is 23.2 Å². The Morgan fingerprint density at radius 2 is 2.09 bits per heavy atom. The Kier molecular flexibility index (Phi) is 7.91. The Bertz CT molecular complexity index is 1070. The molecule has 1 aromatic carbocycles. The SMILES string of the molecule is CC(C)(C)C[C@H](NC(O)c1cc2ccc(Cl)c(Cl)c2[nH]1)C(=O)N[C@H](C#N)C[C@@H]1CCNC1=O. The van der Waals surface area contributed by atoms with Gasteiger partial charge in [-0.15, -0.1) is 0 Å². The first kappa shape index (κ1) is 25.3. The third-order valence-corrected chi connectivity index (χ3v) is 6.45. The molecule has 4 atom stereocenters. The summed E-state index contributed by atoms with van der Waals surface area (Å²) in [4.78, 5) is 28.0. The summed E-state index contributed by atoms with van der Waals surface area (Å²) in [5.74, 6) is -0.800. The molecule has 33 heavy (non-hydrogen) atoms. The predicted molar refractivity (Wildman–Crippen MR) is 128 cm³/mol. The van der Waals surface area contributed by atoms with E-state index >= 15 is 0 Å². The van der Waals surface area contributed by atoms with Crippen molar-refractivity contribution in [3.8, 4) is 6.07 Å². The summed E-state index contributed by atoms with van der Waals surface area (Å²) in [6, 6.07) is 5.68. The number of nitrogens with one attached hydrogen (secondary N) is 4. The predicted octanol–water partition coefficient (Wildman–Crippen LogP) is 3.39. The van der Waals surface area contributed by atoms with Crippen LogP contribution in [0.3, 0.4) is 0 Å². The van der Waals surface area contributed by atoms with E-state index < -0.39 is 24.2 Å². The van der Waals surface area contributed by atoms with E-state index in [0.29, 0.717) is 40.6 Å². The number of carbonyl (C=O) groups is 2. The van der Waals surface area contributed by atoms with Crippen LogP contribution in [0.25, 0.3) is 10.9 Å². The largest absolute Gasteiger partial charge is 0.373 e. The Balaban J connectivity index is 1.74. The van der Waals surface area contributed by atoms with E-state index in [-0.39, 0.29) is 23.7 Å². The fraction of sp³-hybridized carbons (Fsp3) is 0.522. The van der Waals surface area contributed by atoms with Crippen molar-refractivity contribution >= 4 is 45.9 Å². The van der Waals surface area contributed by atoms with Crippen LogP contribution in [0.4, 0.5) is 0 Å². The van der Waals surface area contributed by atoms with Gasteiger partial charge < -0.3 is 20.7 Å². The van der Waals surface area contributed by atoms with Crippen molar-refractivity contribution in [2.75, 3.05) is 6.54 Å². The number of rotatable bonds is 8. The molecule has 0 bridgehead atoms. The zero-order chi connectivity index (χ0) is 24.3. The maximum Gasteiger partial charge on any atom is 0.238 e. The standard InChI is InChI=1S/C23H29Cl2N5O3/c1-23(2,3)10-17(22(33)28-14(11-26)8-13-6-7-27-20(13)31)30-21(32)16-9-12-4-5-15(24)18(25)19(12)29-16/h4-5,9,13-14,17,21,29-30,32H,6-8,10H2,1-3H3,(H,27,31)(H,28,33)/t13-,14-,17-,21?/m0/s1. The third-order valence-electron chi connectivity index (χ3n) is 5.65. The smallest absolute Gasteiger partial charge is 0.238 e. The molecule has 5 N–H and O–H groups in total. The first-order valence-corrected chi connectivity index (χ1v) is 11.6. The van der Waals surface area contributed by atoms with Crippen LogP contribution in [0.1, 0.15) is 52.0 Å². The number of benzene rings is 1. The van der Waals surface area contributed by atoms with Crippen LogP contribution in [-0.4, -0.2) is 40.5 Å². The summed E-state index contributed by atoms with van der Waals surface area (Å²) in [7, 11) is 0. The molecule has 2 heterocycles. The number of H-pyrrole nitrogens is 1. The molecule has 1 aliphatic heterocycles. The highest BCUT2D eigenvalue weighted by Gasteiger charge is 2.32. The van der Waals surface area contributed by atoms with Gasteiger partial charge in [0.2, 0.25) is 11.8 Å². The van der Waals surface area contributed by atoms with Gasteiger partial charge in [-0.3, -0.25) is 14.9 Å². The summed E-state index contributed by atoms with van der Waals surface area (Å²) < 4.78 is 0. The summed E-state index contributed by atoms with van der Waals surface area (Å²) >= 11 is 12.3. The van der Waals surface area contributed by atoms with Gasteiger partial charge in [0, 0.05) is 17.8 Å². The maximum atomic E-state index is 13.1. The highest BCUT2D eigenvalue weighted by Crippen LogP contribution is 2.32. The van der Waals surface area contributed by atoms with Crippen molar-refractivity contribution in [3.05, 3.63) is 33.9 Å². The number of nitrogens with zero attached hydrogens (tertiary/aromatic N) is 1. The van der Waals surface area contributed by atoms with Crippen molar-refractivity contribution in [2.45, 2.75) is 58.3 Å². The lowest BCUT2D eigenvalue weighted by Crippen LogP contribution is -2.50. The number of nitriles is 1. The topological polar surface area (TPSA) is 130 Å². The number of carbonyl (C=O) groups excluding carboxylic acids is 2. The van der Waals surface area contributed by atoms with Crippen LogP contribution in [-0.2, 0) is 9.59 Å². The molecule has 3 rings (SSSR count). The first-order chi connectivity index (χ1) is 15.5. The molecule has 0 aliphatic carbocycles. The van der Waals surface area contributed by atoms with Crippen LogP contribution < -0.4 is 16.0 Å². The minimum Gasteiger partial charge on any atom is -0.373 e. The summed E-state index contributed by atoms with van der Waals surface area (Å²) in [5.41, 5.74) is 0.788. The molecule has 1 saturated heterocycles. The zero-order valence-corrected chi connectivity index (χ0v) is 20.3. The van der Waals surface area contributed by atoms with Crippen molar-refractivity contribution in [3.63, 3.8) is 0 Å².